The molecule has 1 saturated heterocycles. The van der Waals surface area contributed by atoms with E-state index >= 15 is 0 Å². The second kappa shape index (κ2) is 8.10. The number of ether oxygens (including phenoxy) is 1. The lowest BCUT2D eigenvalue weighted by molar-refractivity contribution is 0.0488. The largest absolute Gasteiger partial charge is 0.375 e. The maximum absolute atomic E-state index is 5.86. The fourth-order valence-electron chi connectivity index (χ4n) is 2.66. The van der Waals surface area contributed by atoms with Crippen LogP contribution in [0.5, 0.6) is 0 Å². The van der Waals surface area contributed by atoms with Crippen molar-refractivity contribution in [2.24, 2.45) is 5.92 Å². The van der Waals surface area contributed by atoms with E-state index in [1.807, 2.05) is 0 Å². The van der Waals surface area contributed by atoms with Crippen LogP contribution in [0.3, 0.4) is 0 Å². The molecule has 0 aromatic heterocycles. The summed E-state index contributed by atoms with van der Waals surface area (Å²) in [7, 11) is 0. The monoisotopic (exact) mass is 241 g/mol. The Morgan fingerprint density at radius 3 is 2.59 bits per heavy atom. The van der Waals surface area contributed by atoms with Crippen molar-refractivity contribution >= 4 is 0 Å². The first-order valence-corrected chi connectivity index (χ1v) is 7.52. The Morgan fingerprint density at radius 1 is 1.29 bits per heavy atom. The highest BCUT2D eigenvalue weighted by atomic mass is 16.5. The van der Waals surface area contributed by atoms with Gasteiger partial charge >= 0.3 is 0 Å². The van der Waals surface area contributed by atoms with E-state index < -0.39 is 0 Å². The first kappa shape index (κ1) is 15.0. The summed E-state index contributed by atoms with van der Waals surface area (Å²) >= 11 is 0. The fraction of sp³-hybridized carbons (Fsp3) is 1.00. The average Bonchev–Trinajstić information content (AvgIpc) is 2.68. The van der Waals surface area contributed by atoms with E-state index in [1.54, 1.807) is 0 Å². The van der Waals surface area contributed by atoms with E-state index in [4.69, 9.17) is 4.74 Å². The third-order valence-corrected chi connectivity index (χ3v) is 3.82. The lowest BCUT2D eigenvalue weighted by Crippen LogP contribution is -2.34. The zero-order valence-electron chi connectivity index (χ0n) is 12.2. The molecule has 0 radical (unpaired) electrons. The van der Waals surface area contributed by atoms with Gasteiger partial charge in [-0.25, -0.2) is 0 Å². The molecule has 2 heteroatoms. The van der Waals surface area contributed by atoms with Gasteiger partial charge in [0.2, 0.25) is 0 Å². The Kier molecular flexibility index (Phi) is 7.14. The molecule has 0 spiro atoms. The molecular weight excluding hydrogens is 210 g/mol. The van der Waals surface area contributed by atoms with E-state index in [0.717, 1.165) is 12.5 Å². The van der Waals surface area contributed by atoms with Crippen LogP contribution in [0, 0.1) is 5.92 Å². The zero-order chi connectivity index (χ0) is 12.7. The van der Waals surface area contributed by atoms with E-state index in [-0.39, 0.29) is 0 Å². The quantitative estimate of drug-likeness (QED) is 0.699. The summed E-state index contributed by atoms with van der Waals surface area (Å²) in [5.41, 5.74) is 0. The molecule has 3 unspecified atom stereocenters. The minimum Gasteiger partial charge on any atom is -0.375 e. The van der Waals surface area contributed by atoms with Crippen molar-refractivity contribution in [3.8, 4) is 0 Å². The van der Waals surface area contributed by atoms with Crippen molar-refractivity contribution in [2.45, 2.75) is 84.5 Å². The molecule has 3 atom stereocenters. The van der Waals surface area contributed by atoms with Crippen LogP contribution in [0.2, 0.25) is 0 Å². The van der Waals surface area contributed by atoms with Gasteiger partial charge in [-0.15, -0.1) is 0 Å². The highest BCUT2D eigenvalue weighted by Crippen LogP contribution is 2.23. The summed E-state index contributed by atoms with van der Waals surface area (Å²) in [6.45, 7) is 10.2. The molecule has 0 aliphatic carbocycles. The smallest absolute Gasteiger partial charge is 0.0579 e. The fourth-order valence-corrected chi connectivity index (χ4v) is 2.66. The van der Waals surface area contributed by atoms with Crippen molar-refractivity contribution in [3.05, 3.63) is 0 Å². The maximum atomic E-state index is 5.86. The van der Waals surface area contributed by atoms with Gasteiger partial charge in [0.05, 0.1) is 12.2 Å². The van der Waals surface area contributed by atoms with Gasteiger partial charge < -0.3 is 10.1 Å². The van der Waals surface area contributed by atoms with Crippen molar-refractivity contribution in [1.82, 2.24) is 5.32 Å². The van der Waals surface area contributed by atoms with Gasteiger partial charge in [0.1, 0.15) is 0 Å². The van der Waals surface area contributed by atoms with Gasteiger partial charge in [0, 0.05) is 6.04 Å². The molecule has 1 heterocycles. The summed E-state index contributed by atoms with van der Waals surface area (Å²) in [5, 5.41) is 3.66. The van der Waals surface area contributed by atoms with Crippen LogP contribution >= 0.6 is 0 Å². The summed E-state index contributed by atoms with van der Waals surface area (Å²) in [5.74, 6) is 0.741. The van der Waals surface area contributed by atoms with E-state index in [2.05, 4.69) is 33.0 Å². The predicted octanol–water partition coefficient (Wildman–Crippen LogP) is 3.75. The molecule has 0 aromatic rings. The molecule has 102 valence electrons. The molecular formula is C15H31NO. The maximum Gasteiger partial charge on any atom is 0.0579 e. The van der Waals surface area contributed by atoms with Crippen LogP contribution in [0.1, 0.15) is 66.2 Å². The summed E-state index contributed by atoms with van der Waals surface area (Å²) in [6, 6.07) is 0.689. The molecule has 0 saturated carbocycles. The van der Waals surface area contributed by atoms with Crippen LogP contribution in [0.4, 0.5) is 0 Å². The molecule has 0 bridgehead atoms. The molecule has 0 aromatic carbocycles. The Labute approximate surface area is 108 Å². The number of nitrogens with one attached hydrogen (secondary N) is 1. The van der Waals surface area contributed by atoms with Gasteiger partial charge in [0.15, 0.2) is 0 Å². The van der Waals surface area contributed by atoms with Crippen LogP contribution in [-0.4, -0.2) is 24.8 Å². The molecule has 0 amide bonds. The molecule has 1 aliphatic rings. The standard InChI is InChI=1S/C15H31NO/c1-5-11-16-15(12(2)3)8-6-7-14-10-9-13(4)17-14/h12-16H,5-11H2,1-4H3. The molecule has 1 fully saturated rings. The summed E-state index contributed by atoms with van der Waals surface area (Å²) in [4.78, 5) is 0. The predicted molar refractivity (Wildman–Crippen MR) is 74.3 cm³/mol. The lowest BCUT2D eigenvalue weighted by Gasteiger charge is -2.23. The van der Waals surface area contributed by atoms with Gasteiger partial charge in [-0.05, 0) is 57.9 Å². The number of rotatable bonds is 8. The van der Waals surface area contributed by atoms with Crippen molar-refractivity contribution in [1.29, 1.82) is 0 Å². The van der Waals surface area contributed by atoms with Crippen LogP contribution in [-0.2, 0) is 4.74 Å². The van der Waals surface area contributed by atoms with E-state index in [1.165, 1.54) is 38.5 Å². The zero-order valence-corrected chi connectivity index (χ0v) is 12.2. The van der Waals surface area contributed by atoms with Crippen LogP contribution in [0.15, 0.2) is 0 Å². The lowest BCUT2D eigenvalue weighted by atomic mass is 9.97. The number of hydrogen-bond donors (Lipinski definition) is 1. The van der Waals surface area contributed by atoms with E-state index in [9.17, 15) is 0 Å². The average molecular weight is 241 g/mol. The minimum atomic E-state index is 0.499. The second-order valence-electron chi connectivity index (χ2n) is 5.88. The first-order chi connectivity index (χ1) is 8.13. The van der Waals surface area contributed by atoms with Gasteiger partial charge in [-0.2, -0.15) is 0 Å². The molecule has 17 heavy (non-hydrogen) atoms. The Hall–Kier alpha value is -0.0800. The van der Waals surface area contributed by atoms with Crippen molar-refractivity contribution in [2.75, 3.05) is 6.54 Å². The second-order valence-corrected chi connectivity index (χ2v) is 5.88. The number of hydrogen-bond acceptors (Lipinski definition) is 2. The molecule has 1 aliphatic heterocycles. The highest BCUT2D eigenvalue weighted by Gasteiger charge is 2.21. The third-order valence-electron chi connectivity index (χ3n) is 3.82. The third kappa shape index (κ3) is 5.87. The summed E-state index contributed by atoms with van der Waals surface area (Å²) < 4.78 is 5.86. The van der Waals surface area contributed by atoms with Crippen molar-refractivity contribution < 1.29 is 4.74 Å². The topological polar surface area (TPSA) is 21.3 Å². The molecule has 1 rings (SSSR count). The van der Waals surface area contributed by atoms with Crippen LogP contribution in [0.25, 0.3) is 0 Å². The summed E-state index contributed by atoms with van der Waals surface area (Å²) in [6.07, 6.45) is 8.65. The molecule has 2 nitrogen and oxygen atoms in total. The van der Waals surface area contributed by atoms with Gasteiger partial charge in [-0.1, -0.05) is 20.8 Å². The van der Waals surface area contributed by atoms with Crippen LogP contribution < -0.4 is 5.32 Å². The Bertz CT molecular complexity index is 193. The highest BCUT2D eigenvalue weighted by molar-refractivity contribution is 4.74. The Balaban J connectivity index is 2.13. The first-order valence-electron chi connectivity index (χ1n) is 7.52. The van der Waals surface area contributed by atoms with Crippen molar-refractivity contribution in [3.63, 3.8) is 0 Å². The van der Waals surface area contributed by atoms with E-state index in [0.29, 0.717) is 18.2 Å². The normalized spacial score (nSPS) is 26.6. The molecule has 1 N–H and O–H groups in total. The SMILES string of the molecule is CCCNC(CCCC1CCC(C)O1)C(C)C. The van der Waals surface area contributed by atoms with Gasteiger partial charge in [0.25, 0.3) is 0 Å². The Morgan fingerprint density at radius 2 is 2.06 bits per heavy atom. The minimum absolute atomic E-state index is 0.499. The van der Waals surface area contributed by atoms with Gasteiger partial charge in [-0.3, -0.25) is 0 Å².